The molecular formula is C16H17N5O4. The summed E-state index contributed by atoms with van der Waals surface area (Å²) in [7, 11) is 2.95. The zero-order valence-corrected chi connectivity index (χ0v) is 14.3. The summed E-state index contributed by atoms with van der Waals surface area (Å²) in [6.45, 7) is 3.68. The third-order valence-corrected chi connectivity index (χ3v) is 4.51. The minimum absolute atomic E-state index is 0.0165. The van der Waals surface area contributed by atoms with Crippen LogP contribution in [0.1, 0.15) is 24.1 Å². The maximum Gasteiger partial charge on any atom is 0.332 e. The molecule has 2 aromatic heterocycles. The molecule has 3 aromatic rings. The van der Waals surface area contributed by atoms with E-state index in [0.29, 0.717) is 5.56 Å². The lowest BCUT2D eigenvalue weighted by Crippen LogP contribution is -2.37. The van der Waals surface area contributed by atoms with Gasteiger partial charge in [0.05, 0.1) is 17.3 Å². The molecule has 1 atom stereocenters. The topological polar surface area (TPSA) is 105 Å². The number of benzene rings is 1. The molecule has 0 aliphatic rings. The molecule has 0 aliphatic heterocycles. The predicted octanol–water partition coefficient (Wildman–Crippen LogP) is 1.26. The predicted molar refractivity (Wildman–Crippen MR) is 91.9 cm³/mol. The minimum Gasteiger partial charge on any atom is -0.317 e. The third-order valence-electron chi connectivity index (χ3n) is 4.51. The molecular weight excluding hydrogens is 326 g/mol. The first-order chi connectivity index (χ1) is 11.7. The standard InChI is InChI=1S/C16H17N5O4/c1-9-5-6-11(21(24)25)7-12(9)10(2)20-8-17-14-13(20)15(22)19(4)16(23)18(14)3/h5-8,10H,1-4H3/t10-/m1/s1. The van der Waals surface area contributed by atoms with Crippen LogP contribution in [0.4, 0.5) is 5.69 Å². The van der Waals surface area contributed by atoms with Gasteiger partial charge in [0.25, 0.3) is 11.2 Å². The van der Waals surface area contributed by atoms with Crippen LogP contribution in [0.15, 0.2) is 34.1 Å². The average molecular weight is 343 g/mol. The molecule has 3 rings (SSSR count). The normalized spacial score (nSPS) is 12.5. The lowest BCUT2D eigenvalue weighted by atomic mass is 10.0. The van der Waals surface area contributed by atoms with Crippen molar-refractivity contribution in [2.45, 2.75) is 19.9 Å². The molecule has 9 heteroatoms. The van der Waals surface area contributed by atoms with E-state index in [1.165, 1.54) is 30.1 Å². The van der Waals surface area contributed by atoms with Gasteiger partial charge in [-0.1, -0.05) is 6.07 Å². The first-order valence-electron chi connectivity index (χ1n) is 7.61. The highest BCUT2D eigenvalue weighted by Gasteiger charge is 2.21. The molecule has 1 aromatic carbocycles. The summed E-state index contributed by atoms with van der Waals surface area (Å²) < 4.78 is 3.97. The Morgan fingerprint density at radius 3 is 2.52 bits per heavy atom. The zero-order valence-electron chi connectivity index (χ0n) is 14.3. The maximum absolute atomic E-state index is 12.6. The van der Waals surface area contributed by atoms with Gasteiger partial charge < -0.3 is 4.57 Å². The van der Waals surface area contributed by atoms with Gasteiger partial charge in [0, 0.05) is 26.2 Å². The molecule has 0 N–H and O–H groups in total. The molecule has 0 saturated heterocycles. The van der Waals surface area contributed by atoms with E-state index in [9.17, 15) is 19.7 Å². The van der Waals surface area contributed by atoms with Crippen LogP contribution in [0.3, 0.4) is 0 Å². The first kappa shape index (κ1) is 16.6. The van der Waals surface area contributed by atoms with Crippen LogP contribution in [0.25, 0.3) is 11.2 Å². The van der Waals surface area contributed by atoms with Crippen LogP contribution < -0.4 is 11.2 Å². The maximum atomic E-state index is 12.6. The smallest absolute Gasteiger partial charge is 0.317 e. The zero-order chi connectivity index (χ0) is 18.5. The summed E-state index contributed by atoms with van der Waals surface area (Å²) in [6.07, 6.45) is 1.48. The summed E-state index contributed by atoms with van der Waals surface area (Å²) in [4.78, 5) is 39.4. The van der Waals surface area contributed by atoms with Crippen molar-refractivity contribution in [2.24, 2.45) is 14.1 Å². The number of hydrogen-bond donors (Lipinski definition) is 0. The molecule has 0 bridgehead atoms. The van der Waals surface area contributed by atoms with E-state index in [4.69, 9.17) is 0 Å². The first-order valence-corrected chi connectivity index (χ1v) is 7.61. The number of aromatic nitrogens is 4. The summed E-state index contributed by atoms with van der Waals surface area (Å²) in [6, 6.07) is 4.25. The van der Waals surface area contributed by atoms with Crippen molar-refractivity contribution >= 4 is 16.9 Å². The number of fused-ring (bicyclic) bond motifs is 1. The number of hydrogen-bond acceptors (Lipinski definition) is 5. The van der Waals surface area contributed by atoms with E-state index >= 15 is 0 Å². The second-order valence-corrected chi connectivity index (χ2v) is 6.00. The molecule has 130 valence electrons. The monoisotopic (exact) mass is 343 g/mol. The van der Waals surface area contributed by atoms with Crippen molar-refractivity contribution < 1.29 is 4.92 Å². The van der Waals surface area contributed by atoms with Gasteiger partial charge in [-0.15, -0.1) is 0 Å². The minimum atomic E-state index is -0.457. The molecule has 0 amide bonds. The molecule has 0 spiro atoms. The number of aryl methyl sites for hydroxylation is 2. The second-order valence-electron chi connectivity index (χ2n) is 6.00. The quantitative estimate of drug-likeness (QED) is 0.526. The van der Waals surface area contributed by atoms with Crippen LogP contribution in [-0.2, 0) is 14.1 Å². The SMILES string of the molecule is Cc1ccc([N+](=O)[O-])cc1[C@@H](C)n1cnc2c1c(=O)n(C)c(=O)n2C. The fourth-order valence-corrected chi connectivity index (χ4v) is 3.00. The molecule has 25 heavy (non-hydrogen) atoms. The Bertz CT molecular complexity index is 1120. The van der Waals surface area contributed by atoms with Crippen LogP contribution >= 0.6 is 0 Å². The van der Waals surface area contributed by atoms with Gasteiger partial charge in [-0.3, -0.25) is 24.0 Å². The van der Waals surface area contributed by atoms with E-state index < -0.39 is 16.2 Å². The van der Waals surface area contributed by atoms with Gasteiger partial charge in [0.1, 0.15) is 0 Å². The van der Waals surface area contributed by atoms with Crippen LogP contribution in [0.2, 0.25) is 0 Å². The van der Waals surface area contributed by atoms with E-state index in [1.54, 1.807) is 17.7 Å². The van der Waals surface area contributed by atoms with Crippen molar-refractivity contribution in [3.63, 3.8) is 0 Å². The van der Waals surface area contributed by atoms with Crippen molar-refractivity contribution in [1.29, 1.82) is 0 Å². The highest BCUT2D eigenvalue weighted by molar-refractivity contribution is 5.70. The summed E-state index contributed by atoms with van der Waals surface area (Å²) >= 11 is 0. The van der Waals surface area contributed by atoms with Crippen LogP contribution in [0, 0.1) is 17.0 Å². The van der Waals surface area contributed by atoms with Gasteiger partial charge in [-0.2, -0.15) is 0 Å². The third kappa shape index (κ3) is 2.44. The highest BCUT2D eigenvalue weighted by atomic mass is 16.6. The Balaban J connectivity index is 2.28. The van der Waals surface area contributed by atoms with Crippen molar-refractivity contribution in [3.8, 4) is 0 Å². The Kier molecular flexibility index (Phi) is 3.78. The van der Waals surface area contributed by atoms with Gasteiger partial charge in [-0.25, -0.2) is 9.78 Å². The molecule has 9 nitrogen and oxygen atoms in total. The Morgan fingerprint density at radius 2 is 1.88 bits per heavy atom. The Labute approximate surface area is 141 Å². The average Bonchev–Trinajstić information content (AvgIpc) is 3.02. The van der Waals surface area contributed by atoms with Gasteiger partial charge in [0.2, 0.25) is 0 Å². The van der Waals surface area contributed by atoms with Gasteiger partial charge in [0.15, 0.2) is 11.2 Å². The number of rotatable bonds is 3. The lowest BCUT2D eigenvalue weighted by molar-refractivity contribution is -0.384. The molecule has 0 aliphatic carbocycles. The molecule has 0 unspecified atom stereocenters. The Hall–Kier alpha value is -3.23. The molecule has 2 heterocycles. The van der Waals surface area contributed by atoms with Crippen molar-refractivity contribution in [3.05, 3.63) is 66.6 Å². The van der Waals surface area contributed by atoms with E-state index in [2.05, 4.69) is 4.98 Å². The number of nitro groups is 1. The summed E-state index contributed by atoms with van der Waals surface area (Å²) in [5, 5.41) is 11.1. The number of non-ortho nitro benzene ring substituents is 1. The van der Waals surface area contributed by atoms with E-state index in [1.807, 2.05) is 13.8 Å². The second kappa shape index (κ2) is 5.69. The fraction of sp³-hybridized carbons (Fsp3) is 0.312. The lowest BCUT2D eigenvalue weighted by Gasteiger charge is -2.17. The summed E-state index contributed by atoms with van der Waals surface area (Å²) in [5.41, 5.74) is 1.21. The van der Waals surface area contributed by atoms with E-state index in [0.717, 1.165) is 10.1 Å². The van der Waals surface area contributed by atoms with Gasteiger partial charge >= 0.3 is 5.69 Å². The largest absolute Gasteiger partial charge is 0.332 e. The Morgan fingerprint density at radius 1 is 1.20 bits per heavy atom. The number of imidazole rings is 1. The molecule has 0 fully saturated rings. The van der Waals surface area contributed by atoms with Crippen molar-refractivity contribution in [1.82, 2.24) is 18.7 Å². The van der Waals surface area contributed by atoms with Gasteiger partial charge in [-0.05, 0) is 25.0 Å². The van der Waals surface area contributed by atoms with Crippen LogP contribution in [-0.4, -0.2) is 23.6 Å². The molecule has 0 saturated carbocycles. The fourth-order valence-electron chi connectivity index (χ4n) is 3.00. The van der Waals surface area contributed by atoms with Crippen molar-refractivity contribution in [2.75, 3.05) is 0 Å². The summed E-state index contributed by atoms with van der Waals surface area (Å²) in [5.74, 6) is 0. The number of nitro benzene ring substituents is 1. The van der Waals surface area contributed by atoms with Crippen LogP contribution in [0.5, 0.6) is 0 Å². The highest BCUT2D eigenvalue weighted by Crippen LogP contribution is 2.27. The number of nitrogens with zero attached hydrogens (tertiary/aromatic N) is 5. The van der Waals surface area contributed by atoms with E-state index in [-0.39, 0.29) is 22.9 Å². The molecule has 0 radical (unpaired) electrons.